The summed E-state index contributed by atoms with van der Waals surface area (Å²) in [5.41, 5.74) is 2.77. The number of hydrogen-bond donors (Lipinski definition) is 1. The molecule has 1 aromatic carbocycles. The van der Waals surface area contributed by atoms with Crippen LogP contribution in [0.3, 0.4) is 0 Å². The van der Waals surface area contributed by atoms with E-state index >= 15 is 0 Å². The molecule has 3 heterocycles. The highest BCUT2D eigenvalue weighted by atomic mass is 32.2. The van der Waals surface area contributed by atoms with E-state index in [4.69, 9.17) is 14.3 Å². The number of nitrogens with one attached hydrogen (secondary N) is 1. The first-order valence-corrected chi connectivity index (χ1v) is 16.7. The van der Waals surface area contributed by atoms with Crippen LogP contribution in [0.2, 0.25) is 0 Å². The van der Waals surface area contributed by atoms with Crippen LogP contribution >= 0.6 is 0 Å². The molecule has 230 valence electrons. The van der Waals surface area contributed by atoms with Crippen LogP contribution < -0.4 is 4.72 Å². The van der Waals surface area contributed by atoms with Gasteiger partial charge in [0, 0.05) is 30.4 Å². The summed E-state index contributed by atoms with van der Waals surface area (Å²) in [5, 5.41) is 3.93. The number of carbonyl (C=O) groups is 1. The number of unbranched alkanes of at least 4 members (excludes halogenated alkanes) is 1. The number of hydrogen-bond acceptors (Lipinski definition) is 8. The number of rotatable bonds is 13. The Morgan fingerprint density at radius 1 is 1.14 bits per heavy atom. The molecule has 0 saturated heterocycles. The largest absolute Gasteiger partial charge is 0.377 e. The first-order chi connectivity index (χ1) is 20.7. The molecule has 3 aromatic rings. The van der Waals surface area contributed by atoms with Crippen LogP contribution in [-0.4, -0.2) is 47.3 Å². The molecule has 0 unspecified atom stereocenters. The Bertz CT molecular complexity index is 1610. The maximum absolute atomic E-state index is 13.7. The molecule has 2 aliphatic rings. The minimum absolute atomic E-state index is 0.0232. The summed E-state index contributed by atoms with van der Waals surface area (Å²) in [6, 6.07) is 8.92. The number of carbonyl (C=O) groups excluding carboxylic acids is 1. The highest BCUT2D eigenvalue weighted by Gasteiger charge is 2.49. The molecule has 1 saturated carbocycles. The lowest BCUT2D eigenvalue weighted by Crippen LogP contribution is -2.40. The van der Waals surface area contributed by atoms with Gasteiger partial charge in [0.1, 0.15) is 22.0 Å². The van der Waals surface area contributed by atoms with E-state index in [9.17, 15) is 13.2 Å². The minimum Gasteiger partial charge on any atom is -0.377 e. The lowest BCUT2D eigenvalue weighted by atomic mass is 9.97. The molecule has 5 rings (SSSR count). The van der Waals surface area contributed by atoms with Crippen molar-refractivity contribution < 1.29 is 22.5 Å². The normalized spacial score (nSPS) is 16.3. The van der Waals surface area contributed by atoms with Crippen molar-refractivity contribution in [1.29, 1.82) is 0 Å². The smallest absolute Gasteiger partial charge is 0.265 e. The van der Waals surface area contributed by atoms with Gasteiger partial charge in [0.2, 0.25) is 0 Å². The number of aliphatic imine (C=N–C) groups is 1. The highest BCUT2D eigenvalue weighted by Crippen LogP contribution is 2.40. The number of amides is 1. The Kier molecular flexibility index (Phi) is 9.31. The number of sulfonamides is 1. The molecule has 1 aliphatic heterocycles. The van der Waals surface area contributed by atoms with Crippen molar-refractivity contribution in [3.8, 4) is 11.3 Å². The third-order valence-electron chi connectivity index (χ3n) is 8.34. The summed E-state index contributed by atoms with van der Waals surface area (Å²) in [6.07, 6.45) is 8.60. The van der Waals surface area contributed by atoms with Crippen molar-refractivity contribution in [2.75, 3.05) is 11.3 Å². The summed E-state index contributed by atoms with van der Waals surface area (Å²) < 4.78 is 41.0. The van der Waals surface area contributed by atoms with E-state index < -0.39 is 15.6 Å². The predicted molar refractivity (Wildman–Crippen MR) is 165 cm³/mol. The number of ether oxygens (including phenoxy) is 1. The Balaban J connectivity index is 1.49. The second kappa shape index (κ2) is 13.0. The summed E-state index contributed by atoms with van der Waals surface area (Å²) in [4.78, 5) is 25.1. The number of amidine groups is 1. The van der Waals surface area contributed by atoms with Crippen molar-refractivity contribution >= 4 is 27.6 Å². The van der Waals surface area contributed by atoms with Crippen LogP contribution in [0.5, 0.6) is 0 Å². The molecule has 0 radical (unpaired) electrons. The number of aryl methyl sites for hydroxylation is 1. The lowest BCUT2D eigenvalue weighted by Gasteiger charge is -2.23. The topological polar surface area (TPSA) is 127 Å². The van der Waals surface area contributed by atoms with Crippen molar-refractivity contribution in [3.05, 3.63) is 59.0 Å². The Morgan fingerprint density at radius 2 is 1.93 bits per heavy atom. The van der Waals surface area contributed by atoms with E-state index in [0.717, 1.165) is 61.9 Å². The summed E-state index contributed by atoms with van der Waals surface area (Å²) >= 11 is 0. The molecule has 43 heavy (non-hydrogen) atoms. The summed E-state index contributed by atoms with van der Waals surface area (Å²) in [5.74, 6) is 1.73. The third-order valence-corrected chi connectivity index (χ3v) is 9.71. The first kappa shape index (κ1) is 30.9. The maximum atomic E-state index is 13.7. The SMILES string of the molecule is CCCCC1=NC2(CCCC2)C(=O)N1Cc1ccc(-c2ncccc2S(=O)(=O)Nc2noc(C)c2CC)c(COCC)c1. The van der Waals surface area contributed by atoms with Gasteiger partial charge in [0.15, 0.2) is 5.82 Å². The van der Waals surface area contributed by atoms with E-state index in [1.807, 2.05) is 36.9 Å². The monoisotopic (exact) mass is 607 g/mol. The molecular weight excluding hydrogens is 566 g/mol. The van der Waals surface area contributed by atoms with Crippen LogP contribution in [0.1, 0.15) is 88.2 Å². The van der Waals surface area contributed by atoms with Gasteiger partial charge in [-0.2, -0.15) is 0 Å². The quantitative estimate of drug-likeness (QED) is 0.245. The van der Waals surface area contributed by atoms with Gasteiger partial charge in [-0.25, -0.2) is 8.42 Å². The first-order valence-electron chi connectivity index (χ1n) is 15.3. The maximum Gasteiger partial charge on any atom is 0.265 e. The van der Waals surface area contributed by atoms with E-state index in [1.165, 1.54) is 6.07 Å². The zero-order chi connectivity index (χ0) is 30.6. The average Bonchev–Trinajstić information content (AvgIpc) is 3.69. The van der Waals surface area contributed by atoms with Crippen molar-refractivity contribution in [2.24, 2.45) is 4.99 Å². The lowest BCUT2D eigenvalue weighted by molar-refractivity contribution is -0.131. The van der Waals surface area contributed by atoms with Crippen molar-refractivity contribution in [2.45, 2.75) is 103 Å². The van der Waals surface area contributed by atoms with Crippen molar-refractivity contribution in [1.82, 2.24) is 15.0 Å². The highest BCUT2D eigenvalue weighted by molar-refractivity contribution is 7.92. The van der Waals surface area contributed by atoms with Crippen LogP contribution in [0.4, 0.5) is 5.82 Å². The standard InChI is InChI=1S/C32H41N5O5S/c1-5-8-13-28-34-32(16-9-10-17-32)31(38)37(28)20-23-14-15-26(24(19-23)21-41-7-3)29-27(12-11-18-33-29)43(39,40)36-30-25(6-2)22(4)42-35-30/h11-12,14-15,18-19H,5-10,13,16-17,20-21H2,1-4H3,(H,35,36). The molecule has 1 N–H and O–H groups in total. The fourth-order valence-electron chi connectivity index (χ4n) is 6.07. The zero-order valence-electron chi connectivity index (χ0n) is 25.5. The fourth-order valence-corrected chi connectivity index (χ4v) is 7.27. The van der Waals surface area contributed by atoms with E-state index in [2.05, 4.69) is 21.8 Å². The van der Waals surface area contributed by atoms with Gasteiger partial charge in [-0.15, -0.1) is 0 Å². The van der Waals surface area contributed by atoms with Gasteiger partial charge >= 0.3 is 0 Å². The summed E-state index contributed by atoms with van der Waals surface area (Å²) in [7, 11) is -4.06. The molecule has 2 aromatic heterocycles. The zero-order valence-corrected chi connectivity index (χ0v) is 26.3. The molecule has 11 heteroatoms. The van der Waals surface area contributed by atoms with Crippen LogP contribution in [0.25, 0.3) is 11.3 Å². The van der Waals surface area contributed by atoms with Gasteiger partial charge in [-0.3, -0.25) is 24.4 Å². The molecule has 1 aliphatic carbocycles. The number of nitrogens with zero attached hydrogens (tertiary/aromatic N) is 4. The van der Waals surface area contributed by atoms with E-state index in [1.54, 1.807) is 19.2 Å². The van der Waals surface area contributed by atoms with Gasteiger partial charge in [0.25, 0.3) is 15.9 Å². The van der Waals surface area contributed by atoms with Gasteiger partial charge in [-0.1, -0.05) is 56.5 Å². The number of anilines is 1. The molecule has 1 spiro atoms. The Labute approximate surface area is 254 Å². The van der Waals surface area contributed by atoms with Crippen molar-refractivity contribution in [3.63, 3.8) is 0 Å². The van der Waals surface area contributed by atoms with Crippen LogP contribution in [0.15, 0.2) is 50.9 Å². The minimum atomic E-state index is -4.06. The van der Waals surface area contributed by atoms with Gasteiger partial charge in [-0.05, 0) is 62.8 Å². The van der Waals surface area contributed by atoms with Crippen LogP contribution in [-0.2, 0) is 39.1 Å². The molecule has 0 atom stereocenters. The Morgan fingerprint density at radius 3 is 2.65 bits per heavy atom. The van der Waals surface area contributed by atoms with Gasteiger partial charge in [0.05, 0.1) is 18.8 Å². The molecule has 10 nitrogen and oxygen atoms in total. The molecule has 1 amide bonds. The van der Waals surface area contributed by atoms with E-state index in [-0.39, 0.29) is 23.2 Å². The predicted octanol–water partition coefficient (Wildman–Crippen LogP) is 6.19. The molecule has 0 bridgehead atoms. The van der Waals surface area contributed by atoms with Crippen LogP contribution in [0, 0.1) is 6.92 Å². The van der Waals surface area contributed by atoms with E-state index in [0.29, 0.717) is 42.2 Å². The second-order valence-corrected chi connectivity index (χ2v) is 12.9. The fraction of sp³-hybridized carbons (Fsp3) is 0.500. The average molecular weight is 608 g/mol. The number of benzene rings is 1. The third kappa shape index (κ3) is 6.24. The second-order valence-electron chi connectivity index (χ2n) is 11.3. The number of pyridine rings is 1. The number of aromatic nitrogens is 2. The Hall–Kier alpha value is -3.57. The molecule has 1 fully saturated rings. The van der Waals surface area contributed by atoms with Gasteiger partial charge < -0.3 is 9.26 Å². The summed E-state index contributed by atoms with van der Waals surface area (Å²) in [6.45, 7) is 8.88. The molecular formula is C32H41N5O5S.